The number of aliphatic carboxylic acids is 1. The number of hydrogen-bond donors (Lipinski definition) is 1. The highest BCUT2D eigenvalue weighted by Crippen LogP contribution is 2.36. The summed E-state index contributed by atoms with van der Waals surface area (Å²) < 4.78 is 57.5. The van der Waals surface area contributed by atoms with Gasteiger partial charge in [-0.2, -0.15) is 13.2 Å². The summed E-state index contributed by atoms with van der Waals surface area (Å²) in [6, 6.07) is 6.92. The van der Waals surface area contributed by atoms with E-state index in [9.17, 15) is 22.4 Å². The Morgan fingerprint density at radius 2 is 1.82 bits per heavy atom. The van der Waals surface area contributed by atoms with Crippen molar-refractivity contribution in [1.29, 1.82) is 0 Å². The van der Waals surface area contributed by atoms with Crippen molar-refractivity contribution in [3.05, 3.63) is 35.6 Å². The number of hydrogen-bond acceptors (Lipinski definition) is 5. The van der Waals surface area contributed by atoms with Crippen LogP contribution in [0.25, 0.3) is 0 Å². The number of likely N-dealkylation sites (tertiary alicyclic amines) is 2. The minimum atomic E-state index is -5.08. The van der Waals surface area contributed by atoms with Crippen molar-refractivity contribution < 1.29 is 41.7 Å². The van der Waals surface area contributed by atoms with Crippen LogP contribution in [0.4, 0.5) is 17.6 Å². The van der Waals surface area contributed by atoms with Gasteiger partial charge < -0.3 is 19.5 Å². The minimum absolute atomic E-state index is 0.0749. The normalized spacial score (nSPS) is 22.4. The molecule has 3 aliphatic rings. The first-order chi connectivity index (χ1) is 15.6. The molecule has 0 saturated carbocycles. The molecule has 1 unspecified atom stereocenters. The zero-order valence-electron chi connectivity index (χ0n) is 18.2. The zero-order chi connectivity index (χ0) is 24.1. The van der Waals surface area contributed by atoms with Gasteiger partial charge in [0.15, 0.2) is 0 Å². The molecule has 4 rings (SSSR count). The Hall–Kier alpha value is -2.24. The van der Waals surface area contributed by atoms with Crippen LogP contribution in [0.1, 0.15) is 31.2 Å². The minimum Gasteiger partial charge on any atom is -0.475 e. The third-order valence-electron chi connectivity index (χ3n) is 5.97. The fraction of sp³-hybridized carbons (Fsp3) is 0.636. The Morgan fingerprint density at radius 1 is 1.18 bits per heavy atom. The van der Waals surface area contributed by atoms with Crippen molar-refractivity contribution in [2.24, 2.45) is 0 Å². The van der Waals surface area contributed by atoms with Crippen LogP contribution < -0.4 is 0 Å². The number of carbonyl (C=O) groups is 2. The highest BCUT2D eigenvalue weighted by molar-refractivity contribution is 5.77. The Labute approximate surface area is 189 Å². The van der Waals surface area contributed by atoms with Crippen LogP contribution in [0, 0.1) is 5.82 Å². The van der Waals surface area contributed by atoms with Gasteiger partial charge in [-0.3, -0.25) is 9.69 Å². The third kappa shape index (κ3) is 7.12. The summed E-state index contributed by atoms with van der Waals surface area (Å²) in [5, 5.41) is 7.12. The van der Waals surface area contributed by atoms with Crippen molar-refractivity contribution in [2.75, 3.05) is 39.4 Å². The second-order valence-electron chi connectivity index (χ2n) is 8.58. The van der Waals surface area contributed by atoms with Gasteiger partial charge in [-0.05, 0) is 25.3 Å². The van der Waals surface area contributed by atoms with Crippen LogP contribution in [0.3, 0.4) is 0 Å². The average Bonchev–Trinajstić information content (AvgIpc) is 3.28. The standard InChI is InChI=1S/C20H27FN2O3.C2HF3O2/c21-18-6-2-1-5-16(18)12-22-14-20(15-22)11-17(7-10-26-20)25-13-19(24)23-8-3-4-9-23;3-2(4,5)1(6)7/h1-2,5-6,17H,3-4,7-15H2;(H,6,7). The summed E-state index contributed by atoms with van der Waals surface area (Å²) in [5.41, 5.74) is 0.535. The van der Waals surface area contributed by atoms with Crippen LogP contribution in [0.15, 0.2) is 24.3 Å². The van der Waals surface area contributed by atoms with Gasteiger partial charge in [0, 0.05) is 51.3 Å². The van der Waals surface area contributed by atoms with Gasteiger partial charge in [-0.25, -0.2) is 9.18 Å². The molecular weight excluding hydrogens is 448 g/mol. The molecular formula is C22H28F4N2O5. The number of alkyl halides is 3. The molecule has 11 heteroatoms. The molecule has 0 radical (unpaired) electrons. The van der Waals surface area contributed by atoms with Crippen LogP contribution in [-0.4, -0.2) is 84.1 Å². The zero-order valence-corrected chi connectivity index (χ0v) is 18.2. The molecule has 3 saturated heterocycles. The summed E-state index contributed by atoms with van der Waals surface area (Å²) in [5.74, 6) is -2.80. The van der Waals surface area contributed by atoms with E-state index in [0.717, 1.165) is 57.4 Å². The lowest BCUT2D eigenvalue weighted by atomic mass is 9.84. The maximum Gasteiger partial charge on any atom is 0.490 e. The first-order valence-corrected chi connectivity index (χ1v) is 10.9. The molecule has 3 fully saturated rings. The SMILES string of the molecule is O=C(COC1CCOC2(C1)CN(Cc1ccccc1F)C2)N1CCCC1.O=C(O)C(F)(F)F. The fourth-order valence-corrected chi connectivity index (χ4v) is 4.34. The highest BCUT2D eigenvalue weighted by atomic mass is 19.4. The monoisotopic (exact) mass is 476 g/mol. The summed E-state index contributed by atoms with van der Waals surface area (Å²) in [7, 11) is 0. The Kier molecular flexibility index (Phi) is 8.30. The number of benzene rings is 1. The van der Waals surface area contributed by atoms with E-state index < -0.39 is 12.1 Å². The van der Waals surface area contributed by atoms with Crippen LogP contribution in [0.5, 0.6) is 0 Å². The van der Waals surface area contributed by atoms with E-state index in [1.54, 1.807) is 6.07 Å². The van der Waals surface area contributed by atoms with Gasteiger partial charge >= 0.3 is 12.1 Å². The van der Waals surface area contributed by atoms with Crippen molar-refractivity contribution in [1.82, 2.24) is 9.80 Å². The molecule has 3 heterocycles. The Bertz CT molecular complexity index is 823. The number of ether oxygens (including phenoxy) is 2. The third-order valence-corrected chi connectivity index (χ3v) is 5.97. The van der Waals surface area contributed by atoms with Crippen LogP contribution in [0.2, 0.25) is 0 Å². The molecule has 1 spiro atoms. The number of carboxylic acids is 1. The van der Waals surface area contributed by atoms with Gasteiger partial charge in [-0.15, -0.1) is 0 Å². The predicted molar refractivity (Wildman–Crippen MR) is 109 cm³/mol. The molecule has 1 aromatic rings. The van der Waals surface area contributed by atoms with Crippen molar-refractivity contribution in [2.45, 2.75) is 50.1 Å². The van der Waals surface area contributed by atoms with Gasteiger partial charge in [0.2, 0.25) is 5.91 Å². The van der Waals surface area contributed by atoms with Crippen LogP contribution >= 0.6 is 0 Å². The maximum absolute atomic E-state index is 13.8. The summed E-state index contributed by atoms with van der Waals surface area (Å²) >= 11 is 0. The quantitative estimate of drug-likeness (QED) is 0.659. The van der Waals surface area contributed by atoms with E-state index in [-0.39, 0.29) is 30.0 Å². The molecule has 0 bridgehead atoms. The second-order valence-corrected chi connectivity index (χ2v) is 8.58. The number of halogens is 4. The molecule has 184 valence electrons. The van der Waals surface area contributed by atoms with E-state index in [4.69, 9.17) is 19.4 Å². The average molecular weight is 476 g/mol. The number of rotatable bonds is 5. The van der Waals surface area contributed by atoms with Crippen molar-refractivity contribution in [3.63, 3.8) is 0 Å². The Morgan fingerprint density at radius 3 is 2.42 bits per heavy atom. The number of carboxylic acid groups (broad SMARTS) is 1. The molecule has 33 heavy (non-hydrogen) atoms. The largest absolute Gasteiger partial charge is 0.490 e. The van der Waals surface area contributed by atoms with E-state index in [2.05, 4.69) is 4.90 Å². The highest BCUT2D eigenvalue weighted by Gasteiger charge is 2.47. The molecule has 1 aromatic carbocycles. The summed E-state index contributed by atoms with van der Waals surface area (Å²) in [4.78, 5) is 25.1. The molecule has 7 nitrogen and oxygen atoms in total. The molecule has 0 aromatic heterocycles. The van der Waals surface area contributed by atoms with Gasteiger partial charge in [0.25, 0.3) is 0 Å². The van der Waals surface area contributed by atoms with Crippen molar-refractivity contribution in [3.8, 4) is 0 Å². The van der Waals surface area contributed by atoms with E-state index in [0.29, 0.717) is 13.2 Å². The fourth-order valence-electron chi connectivity index (χ4n) is 4.34. The predicted octanol–water partition coefficient (Wildman–Crippen LogP) is 2.83. The van der Waals surface area contributed by atoms with Crippen molar-refractivity contribution >= 4 is 11.9 Å². The molecule has 1 atom stereocenters. The van der Waals surface area contributed by atoms with Gasteiger partial charge in [-0.1, -0.05) is 18.2 Å². The first kappa shape index (κ1) is 25.4. The van der Waals surface area contributed by atoms with E-state index in [1.807, 2.05) is 17.0 Å². The van der Waals surface area contributed by atoms with Gasteiger partial charge in [0.05, 0.1) is 11.7 Å². The lowest BCUT2D eigenvalue weighted by Crippen LogP contribution is -2.65. The van der Waals surface area contributed by atoms with Crippen LogP contribution in [-0.2, 0) is 25.6 Å². The first-order valence-electron chi connectivity index (χ1n) is 10.9. The lowest BCUT2D eigenvalue weighted by molar-refractivity contribution is -0.200. The Balaban J connectivity index is 0.000000383. The maximum atomic E-state index is 13.8. The topological polar surface area (TPSA) is 79.3 Å². The number of amides is 1. The van der Waals surface area contributed by atoms with Gasteiger partial charge in [0.1, 0.15) is 12.4 Å². The van der Waals surface area contributed by atoms with E-state index >= 15 is 0 Å². The second kappa shape index (κ2) is 10.8. The van der Waals surface area contributed by atoms with E-state index in [1.165, 1.54) is 6.07 Å². The molecule has 3 aliphatic heterocycles. The number of carbonyl (C=O) groups excluding carboxylic acids is 1. The summed E-state index contributed by atoms with van der Waals surface area (Å²) in [6.45, 7) is 4.77. The molecule has 1 N–H and O–H groups in total. The smallest absolute Gasteiger partial charge is 0.475 e. The summed E-state index contributed by atoms with van der Waals surface area (Å²) in [6.07, 6.45) is -1.16. The molecule has 1 amide bonds. The molecule has 0 aliphatic carbocycles. The lowest BCUT2D eigenvalue weighted by Gasteiger charge is -2.53. The number of nitrogens with zero attached hydrogens (tertiary/aromatic N) is 2.